The Morgan fingerprint density at radius 2 is 1.84 bits per heavy atom. The van der Waals surface area contributed by atoms with E-state index in [0.29, 0.717) is 13.2 Å². The fourth-order valence-electron chi connectivity index (χ4n) is 2.15. The predicted molar refractivity (Wildman–Crippen MR) is 104 cm³/mol. The molecule has 0 aliphatic rings. The van der Waals surface area contributed by atoms with E-state index >= 15 is 0 Å². The quantitative estimate of drug-likeness (QED) is 0.341. The molecule has 0 saturated heterocycles. The van der Waals surface area contributed by atoms with Crippen molar-refractivity contribution in [2.45, 2.75) is 65.3 Å². The zero-order chi connectivity index (χ0) is 18.9. The Morgan fingerprint density at radius 3 is 2.48 bits per heavy atom. The highest BCUT2D eigenvalue weighted by molar-refractivity contribution is 6.74. The number of esters is 1. The fourth-order valence-corrected chi connectivity index (χ4v) is 3.24. The summed E-state index contributed by atoms with van der Waals surface area (Å²) in [7, 11) is -1.65. The zero-order valence-electron chi connectivity index (χ0n) is 16.7. The van der Waals surface area contributed by atoms with Crippen molar-refractivity contribution in [3.05, 3.63) is 35.4 Å². The number of benzene rings is 1. The molecule has 1 rings (SSSR count). The lowest BCUT2D eigenvalue weighted by atomic mass is 10.1. The molecule has 0 aromatic heterocycles. The molecule has 0 heterocycles. The lowest BCUT2D eigenvalue weighted by Crippen LogP contribution is -2.41. The maximum Gasteiger partial charge on any atom is 0.332 e. The van der Waals surface area contributed by atoms with E-state index in [2.05, 4.69) is 46.0 Å². The molecule has 0 spiro atoms. The highest BCUT2D eigenvalue weighted by Gasteiger charge is 2.24. The van der Waals surface area contributed by atoms with Gasteiger partial charge in [0.05, 0.1) is 13.2 Å². The van der Waals surface area contributed by atoms with Gasteiger partial charge >= 0.3 is 5.97 Å². The fraction of sp³-hybridized carbons (Fsp3) is 0.650. The second-order valence-electron chi connectivity index (χ2n) is 7.83. The van der Waals surface area contributed by atoms with Crippen molar-refractivity contribution >= 4 is 14.3 Å². The second-order valence-corrected chi connectivity index (χ2v) is 12.6. The molecule has 0 radical (unpaired) electrons. The first-order chi connectivity index (χ1) is 11.7. The average Bonchev–Trinajstić information content (AvgIpc) is 2.51. The van der Waals surface area contributed by atoms with E-state index in [-0.39, 0.29) is 17.6 Å². The van der Waals surface area contributed by atoms with E-state index in [1.54, 1.807) is 6.92 Å². The topological polar surface area (TPSA) is 44.8 Å². The molecular formula is C20H34O4Si-. The molecular weight excluding hydrogens is 332 g/mol. The minimum absolute atomic E-state index is 0.00157. The van der Waals surface area contributed by atoms with Gasteiger partial charge in [-0.3, -0.25) is 0 Å². The molecule has 0 N–H and O–H groups in total. The van der Waals surface area contributed by atoms with Crippen molar-refractivity contribution in [1.29, 1.82) is 0 Å². The van der Waals surface area contributed by atoms with Crippen LogP contribution >= 0.6 is 0 Å². The first-order valence-corrected chi connectivity index (χ1v) is 12.0. The predicted octanol–water partition coefficient (Wildman–Crippen LogP) is 4.72. The smallest absolute Gasteiger partial charge is 0.332 e. The van der Waals surface area contributed by atoms with E-state index in [0.717, 1.165) is 25.0 Å². The van der Waals surface area contributed by atoms with Crippen LogP contribution in [0.15, 0.2) is 24.3 Å². The number of carbonyl (C=O) groups is 1. The number of hydrogen-bond donors (Lipinski definition) is 0. The standard InChI is InChI=1S/C20H34O4Si/c1-7-23-19(21)16-22-15-18-11-8-10-17(14-18)12-9-13-24-25(5,6)20(2,3)4/h8,10-11,14H,7,9,12-13,15-16H2,1-6H3/q-1. The summed E-state index contributed by atoms with van der Waals surface area (Å²) in [5, 5.41) is 0.253. The van der Waals surface area contributed by atoms with E-state index < -0.39 is 8.32 Å². The zero-order valence-corrected chi connectivity index (χ0v) is 17.7. The number of hydrogen-bond acceptors (Lipinski definition) is 4. The van der Waals surface area contributed by atoms with Gasteiger partial charge in [-0.1, -0.05) is 45.0 Å². The van der Waals surface area contributed by atoms with E-state index in [9.17, 15) is 4.79 Å². The van der Waals surface area contributed by atoms with Gasteiger partial charge in [0.15, 0.2) is 0 Å². The summed E-state index contributed by atoms with van der Waals surface area (Å²) >= 11 is 0. The molecule has 0 unspecified atom stereocenters. The van der Waals surface area contributed by atoms with E-state index in [1.165, 1.54) is 5.56 Å². The molecule has 0 amide bonds. The van der Waals surface area contributed by atoms with Crippen LogP contribution in [0.2, 0.25) is 18.1 Å². The van der Waals surface area contributed by atoms with Gasteiger partial charge in [0, 0.05) is 6.61 Å². The molecule has 25 heavy (non-hydrogen) atoms. The molecule has 4 nitrogen and oxygen atoms in total. The summed E-state index contributed by atoms with van der Waals surface area (Å²) in [6.07, 6.45) is 2.00. The molecule has 0 aliphatic heterocycles. The van der Waals surface area contributed by atoms with Crippen LogP contribution < -0.4 is 0 Å². The molecule has 5 heteroatoms. The molecule has 1 aromatic rings. The van der Waals surface area contributed by atoms with Crippen LogP contribution in [-0.4, -0.2) is 34.1 Å². The van der Waals surface area contributed by atoms with Crippen LogP contribution in [0, 0.1) is 0 Å². The van der Waals surface area contributed by atoms with Crippen LogP contribution in [0.25, 0.3) is 0 Å². The van der Waals surface area contributed by atoms with Crippen LogP contribution in [0.5, 0.6) is 0 Å². The number of aryl methyl sites for hydroxylation is 1. The monoisotopic (exact) mass is 366 g/mol. The van der Waals surface area contributed by atoms with Crippen LogP contribution in [0.4, 0.5) is 0 Å². The Labute approximate surface area is 154 Å². The van der Waals surface area contributed by atoms with Crippen molar-refractivity contribution in [2.75, 3.05) is 19.8 Å². The Morgan fingerprint density at radius 1 is 1.16 bits per heavy atom. The first-order valence-electron chi connectivity index (χ1n) is 9.11. The van der Waals surface area contributed by atoms with Gasteiger partial charge < -0.3 is 13.9 Å². The van der Waals surface area contributed by atoms with Crippen molar-refractivity contribution in [3.8, 4) is 0 Å². The minimum Gasteiger partial charge on any atom is -0.564 e. The van der Waals surface area contributed by atoms with Gasteiger partial charge in [-0.25, -0.2) is 4.79 Å². The lowest BCUT2D eigenvalue weighted by Gasteiger charge is -2.48. The molecule has 0 atom stereocenters. The summed E-state index contributed by atoms with van der Waals surface area (Å²) in [6.45, 7) is 14.8. The Kier molecular flexibility index (Phi) is 8.83. The molecule has 0 bridgehead atoms. The highest BCUT2D eigenvalue weighted by Crippen LogP contribution is 2.36. The van der Waals surface area contributed by atoms with Crippen molar-refractivity contribution in [2.24, 2.45) is 0 Å². The molecule has 0 saturated carbocycles. The van der Waals surface area contributed by atoms with Gasteiger partial charge in [-0.05, 0) is 39.2 Å². The molecule has 143 valence electrons. The van der Waals surface area contributed by atoms with E-state index in [1.807, 2.05) is 12.1 Å². The highest BCUT2D eigenvalue weighted by atomic mass is 28.4. The largest absolute Gasteiger partial charge is 0.564 e. The summed E-state index contributed by atoms with van der Waals surface area (Å²) in [4.78, 5) is 11.3. The Balaban J connectivity index is 2.37. The summed E-state index contributed by atoms with van der Waals surface area (Å²) < 4.78 is 16.5. The molecule has 1 aromatic carbocycles. The maximum absolute atomic E-state index is 11.3. The molecule has 0 aliphatic carbocycles. The number of ether oxygens (including phenoxy) is 2. The SMILES string of the molecule is CCOC(=O)COCc1cccc(CCCO[Si-](C)(C)C(C)(C)C)c1. The van der Waals surface area contributed by atoms with Gasteiger partial charge in [0.2, 0.25) is 0 Å². The van der Waals surface area contributed by atoms with Gasteiger partial charge in [0.25, 0.3) is 0 Å². The summed E-state index contributed by atoms with van der Waals surface area (Å²) in [6, 6.07) is 8.31. The normalized spacial score (nSPS) is 12.2. The van der Waals surface area contributed by atoms with Gasteiger partial charge in [-0.15, -0.1) is 18.1 Å². The van der Waals surface area contributed by atoms with Gasteiger partial charge in [0.1, 0.15) is 6.61 Å². The average molecular weight is 367 g/mol. The third kappa shape index (κ3) is 8.16. The van der Waals surface area contributed by atoms with Crippen molar-refractivity contribution < 1.29 is 18.7 Å². The minimum atomic E-state index is -1.65. The van der Waals surface area contributed by atoms with Crippen molar-refractivity contribution in [1.82, 2.24) is 0 Å². The first kappa shape index (κ1) is 21.9. The van der Waals surface area contributed by atoms with E-state index in [4.69, 9.17) is 13.9 Å². The van der Waals surface area contributed by atoms with Crippen LogP contribution in [-0.2, 0) is 31.7 Å². The second kappa shape index (κ2) is 10.1. The Bertz CT molecular complexity index is 535. The summed E-state index contributed by atoms with van der Waals surface area (Å²) in [5.41, 5.74) is 2.35. The van der Waals surface area contributed by atoms with Gasteiger partial charge in [-0.2, -0.15) is 0 Å². The van der Waals surface area contributed by atoms with Crippen molar-refractivity contribution in [3.63, 3.8) is 0 Å². The molecule has 0 fully saturated rings. The third-order valence-electron chi connectivity index (χ3n) is 4.66. The lowest BCUT2D eigenvalue weighted by molar-refractivity contribution is -0.148. The maximum atomic E-state index is 11.3. The summed E-state index contributed by atoms with van der Waals surface area (Å²) in [5.74, 6) is -0.318. The van der Waals surface area contributed by atoms with Crippen LogP contribution in [0.3, 0.4) is 0 Å². The third-order valence-corrected chi connectivity index (χ3v) is 9.20. The Hall–Kier alpha value is -1.17. The number of rotatable bonds is 10. The van der Waals surface area contributed by atoms with Crippen LogP contribution in [0.1, 0.15) is 45.2 Å². The number of carbonyl (C=O) groups excluding carboxylic acids is 1.